The van der Waals surface area contributed by atoms with Crippen molar-refractivity contribution >= 4 is 57.9 Å². The van der Waals surface area contributed by atoms with E-state index in [9.17, 15) is 28.8 Å². The maximum Gasteiger partial charge on any atom is 0.266 e. The summed E-state index contributed by atoms with van der Waals surface area (Å²) in [6.07, 6.45) is 0.758. The number of nitrogens with one attached hydrogen (secondary N) is 2. The fourth-order valence-corrected chi connectivity index (χ4v) is 6.67. The van der Waals surface area contributed by atoms with Crippen LogP contribution in [0, 0.1) is 0 Å². The Morgan fingerprint density at radius 3 is 1.21 bits per heavy atom. The lowest BCUT2D eigenvalue weighted by Crippen LogP contribution is -2.29. The minimum absolute atomic E-state index is 0.140. The summed E-state index contributed by atoms with van der Waals surface area (Å²) < 4.78 is 5.80. The van der Waals surface area contributed by atoms with E-state index in [4.69, 9.17) is 4.74 Å². The van der Waals surface area contributed by atoms with Gasteiger partial charge in [-0.15, -0.1) is 0 Å². The van der Waals surface area contributed by atoms with E-state index in [1.165, 1.54) is 42.5 Å². The summed E-state index contributed by atoms with van der Waals surface area (Å²) in [7, 11) is 3.72. The van der Waals surface area contributed by atoms with Crippen LogP contribution >= 0.6 is 0 Å². The Morgan fingerprint density at radius 2 is 0.810 bits per heavy atom. The Hall–Kier alpha value is -7.66. The summed E-state index contributed by atoms with van der Waals surface area (Å²) in [5, 5.41) is 6.13. The highest BCUT2D eigenvalue weighted by Crippen LogP contribution is 2.33. The highest BCUT2D eigenvalue weighted by Gasteiger charge is 2.38. The van der Waals surface area contributed by atoms with Crippen molar-refractivity contribution < 1.29 is 33.5 Å². The lowest BCUT2D eigenvalue weighted by Gasteiger charge is -2.14. The SMILES string of the molecule is CNc1ccc(Cc2ccc(N3C(=O)c4ccc(C(C)=O)cc4C3=O)cc2)cc1.CNc1ccc(Oc2ccc(N3C(=O)c4ccc(C(C)=O)cc4C3=O)cc2)cc1. The van der Waals surface area contributed by atoms with Crippen molar-refractivity contribution in [3.8, 4) is 11.5 Å². The van der Waals surface area contributed by atoms with Crippen LogP contribution in [-0.2, 0) is 6.42 Å². The zero-order valence-corrected chi connectivity index (χ0v) is 32.2. The van der Waals surface area contributed by atoms with Crippen molar-refractivity contribution in [2.45, 2.75) is 20.3 Å². The maximum atomic E-state index is 12.8. The zero-order chi connectivity index (χ0) is 41.1. The monoisotopic (exact) mass is 770 g/mol. The van der Waals surface area contributed by atoms with Crippen molar-refractivity contribution in [1.29, 1.82) is 0 Å². The lowest BCUT2D eigenvalue weighted by atomic mass is 10.0. The zero-order valence-electron chi connectivity index (χ0n) is 32.2. The number of carbonyl (C=O) groups is 6. The first-order valence-corrected chi connectivity index (χ1v) is 18.4. The first kappa shape index (κ1) is 38.6. The van der Waals surface area contributed by atoms with Gasteiger partial charge in [0.2, 0.25) is 0 Å². The van der Waals surface area contributed by atoms with Crippen LogP contribution in [0.2, 0.25) is 0 Å². The van der Waals surface area contributed by atoms with Crippen LogP contribution < -0.4 is 25.2 Å². The van der Waals surface area contributed by atoms with E-state index in [0.717, 1.165) is 28.3 Å². The molecule has 0 saturated carbocycles. The third-order valence-electron chi connectivity index (χ3n) is 9.91. The van der Waals surface area contributed by atoms with Crippen LogP contribution in [0.1, 0.15) is 87.1 Å². The highest BCUT2D eigenvalue weighted by molar-refractivity contribution is 6.35. The van der Waals surface area contributed by atoms with Gasteiger partial charge < -0.3 is 15.4 Å². The van der Waals surface area contributed by atoms with Gasteiger partial charge in [0.25, 0.3) is 23.6 Å². The van der Waals surface area contributed by atoms with Gasteiger partial charge in [-0.05, 0) is 128 Å². The molecule has 58 heavy (non-hydrogen) atoms. The molecule has 6 aromatic rings. The number of hydrogen-bond acceptors (Lipinski definition) is 9. The molecule has 2 heterocycles. The van der Waals surface area contributed by atoms with Gasteiger partial charge in [-0.1, -0.05) is 36.4 Å². The number of imide groups is 2. The Labute approximate surface area is 334 Å². The molecule has 0 radical (unpaired) electrons. The first-order valence-electron chi connectivity index (χ1n) is 18.4. The van der Waals surface area contributed by atoms with Gasteiger partial charge in [0.1, 0.15) is 11.5 Å². The molecule has 8 rings (SSSR count). The molecule has 11 heteroatoms. The number of Topliss-reactive ketones (excluding diaryl/α,β-unsaturated/α-hetero) is 2. The third kappa shape index (κ3) is 7.74. The molecule has 0 aromatic heterocycles. The van der Waals surface area contributed by atoms with Gasteiger partial charge in [0.05, 0.1) is 33.6 Å². The summed E-state index contributed by atoms with van der Waals surface area (Å²) in [5.41, 5.74) is 7.23. The van der Waals surface area contributed by atoms with Crippen molar-refractivity contribution in [2.24, 2.45) is 0 Å². The van der Waals surface area contributed by atoms with E-state index < -0.39 is 17.7 Å². The van der Waals surface area contributed by atoms with E-state index in [1.54, 1.807) is 54.6 Å². The molecule has 0 spiro atoms. The number of ketones is 2. The van der Waals surface area contributed by atoms with Gasteiger partial charge >= 0.3 is 0 Å². The summed E-state index contributed by atoms with van der Waals surface area (Å²) in [5.74, 6) is -0.648. The first-order chi connectivity index (χ1) is 27.9. The van der Waals surface area contributed by atoms with E-state index in [0.29, 0.717) is 45.1 Å². The molecule has 288 valence electrons. The molecule has 2 aliphatic rings. The largest absolute Gasteiger partial charge is 0.457 e. The molecular weight excluding hydrogens is 733 g/mol. The van der Waals surface area contributed by atoms with Crippen LogP contribution in [0.15, 0.2) is 133 Å². The van der Waals surface area contributed by atoms with Crippen LogP contribution in [0.4, 0.5) is 22.7 Å². The molecule has 0 aliphatic carbocycles. The predicted molar refractivity (Wildman–Crippen MR) is 223 cm³/mol. The minimum atomic E-state index is -0.440. The second kappa shape index (κ2) is 16.2. The number of amides is 4. The summed E-state index contributed by atoms with van der Waals surface area (Å²) in [6, 6.07) is 39.0. The number of carbonyl (C=O) groups excluding carboxylic acids is 6. The number of ether oxygens (including phenoxy) is 1. The average Bonchev–Trinajstić information content (AvgIpc) is 3.65. The topological polar surface area (TPSA) is 142 Å². The molecule has 0 saturated heterocycles. The number of fused-ring (bicyclic) bond motifs is 2. The summed E-state index contributed by atoms with van der Waals surface area (Å²) in [4.78, 5) is 76.5. The Morgan fingerprint density at radius 1 is 0.466 bits per heavy atom. The van der Waals surface area contributed by atoms with Gasteiger partial charge in [-0.25, -0.2) is 9.80 Å². The summed E-state index contributed by atoms with van der Waals surface area (Å²) in [6.45, 7) is 2.86. The predicted octanol–water partition coefficient (Wildman–Crippen LogP) is 8.85. The average molecular weight is 771 g/mol. The molecule has 6 aromatic carbocycles. The third-order valence-corrected chi connectivity index (χ3v) is 9.91. The van der Waals surface area contributed by atoms with Crippen molar-refractivity contribution in [3.05, 3.63) is 178 Å². The molecular formula is C47H38N4O7. The van der Waals surface area contributed by atoms with Gasteiger partial charge in [-0.2, -0.15) is 0 Å². The number of hydrogen-bond donors (Lipinski definition) is 2. The van der Waals surface area contributed by atoms with E-state index >= 15 is 0 Å². The van der Waals surface area contributed by atoms with Crippen molar-refractivity contribution in [3.63, 3.8) is 0 Å². The number of benzene rings is 6. The Balaban J connectivity index is 0.000000177. The quantitative estimate of drug-likeness (QED) is 0.103. The molecule has 2 N–H and O–H groups in total. The van der Waals surface area contributed by atoms with Crippen molar-refractivity contribution in [1.82, 2.24) is 0 Å². The van der Waals surface area contributed by atoms with Crippen LogP contribution in [-0.4, -0.2) is 49.3 Å². The Bertz CT molecular complexity index is 2420. The number of anilines is 4. The van der Waals surface area contributed by atoms with Gasteiger partial charge in [-0.3, -0.25) is 28.8 Å². The lowest BCUT2D eigenvalue weighted by molar-refractivity contribution is 0.0910. The molecule has 4 amide bonds. The normalized spacial score (nSPS) is 12.8. The fraction of sp³-hybridized carbons (Fsp3) is 0.106. The van der Waals surface area contributed by atoms with Crippen LogP contribution in [0.5, 0.6) is 11.5 Å². The molecule has 0 bridgehead atoms. The second-order valence-corrected chi connectivity index (χ2v) is 13.7. The van der Waals surface area contributed by atoms with Crippen LogP contribution in [0.3, 0.4) is 0 Å². The Kier molecular flexibility index (Phi) is 10.8. The molecule has 11 nitrogen and oxygen atoms in total. The summed E-state index contributed by atoms with van der Waals surface area (Å²) >= 11 is 0. The number of nitrogens with zero attached hydrogens (tertiary/aromatic N) is 2. The van der Waals surface area contributed by atoms with E-state index in [2.05, 4.69) is 22.8 Å². The van der Waals surface area contributed by atoms with E-state index in [1.807, 2.05) is 62.6 Å². The molecule has 0 fully saturated rings. The van der Waals surface area contributed by atoms with E-state index in [-0.39, 0.29) is 28.6 Å². The van der Waals surface area contributed by atoms with Crippen LogP contribution in [0.25, 0.3) is 0 Å². The molecule has 0 atom stereocenters. The second-order valence-electron chi connectivity index (χ2n) is 13.7. The van der Waals surface area contributed by atoms with Gasteiger partial charge in [0, 0.05) is 36.6 Å². The smallest absolute Gasteiger partial charge is 0.266 e. The highest BCUT2D eigenvalue weighted by atomic mass is 16.5. The molecule has 2 aliphatic heterocycles. The van der Waals surface area contributed by atoms with Gasteiger partial charge in [0.15, 0.2) is 11.6 Å². The molecule has 0 unspecified atom stereocenters. The fourth-order valence-electron chi connectivity index (χ4n) is 6.67. The number of rotatable bonds is 10. The minimum Gasteiger partial charge on any atom is -0.457 e. The standard InChI is InChI=1S/C24H20N2O3.C23H18N2O4/c1-15(27)18-7-12-21-22(14-18)24(29)26(23(21)28)20-10-5-17(6-11-20)13-16-3-8-19(25-2)9-4-16;1-14(26)15-3-12-20-21(13-15)23(28)25(22(20)27)17-6-10-19(11-7-17)29-18-8-4-16(24-2)5-9-18/h3-12,14,25H,13H2,1-2H3;3-13,24H,1-2H3. The maximum absolute atomic E-state index is 12.8. The van der Waals surface area contributed by atoms with Crippen molar-refractivity contribution in [2.75, 3.05) is 34.5 Å².